The van der Waals surface area contributed by atoms with Gasteiger partial charge in [0, 0.05) is 26.1 Å². The van der Waals surface area contributed by atoms with E-state index in [0.717, 1.165) is 39.0 Å². The van der Waals surface area contributed by atoms with Gasteiger partial charge in [0.25, 0.3) is 0 Å². The average molecular weight is 671 g/mol. The largest absolute Gasteiger partial charge is 0.391 e. The molecule has 2 heterocycles. The Morgan fingerprint density at radius 1 is 1.23 bits per heavy atom. The number of thiazole rings is 1. The number of carbonyl (C=O) groups excluding carboxylic acids is 3. The first-order chi connectivity index (χ1) is 18.5. The van der Waals surface area contributed by atoms with Crippen LogP contribution in [0.15, 0.2) is 29.8 Å². The monoisotopic (exact) mass is 670 g/mol. The van der Waals surface area contributed by atoms with Crippen molar-refractivity contribution in [1.29, 1.82) is 0 Å². The molecule has 1 aliphatic heterocycles. The Balaban J connectivity index is 1.61. The van der Waals surface area contributed by atoms with Gasteiger partial charge in [-0.1, -0.05) is 67.6 Å². The Hall–Kier alpha value is -2.09. The molecule has 3 rings (SSSR count). The SMILES string of the molecule is Cc1ncsc1-c1ccc(CNC(=O)C2CC(O)CN2C(=O)C(NC(=O)COCCCCI)C(C)(C)C)cc1. The minimum absolute atomic E-state index is 0.0368. The number of aliphatic hydroxyl groups is 1. The first-order valence-electron chi connectivity index (χ1n) is 13.2. The van der Waals surface area contributed by atoms with Crippen molar-refractivity contribution in [2.45, 2.75) is 71.7 Å². The van der Waals surface area contributed by atoms with Gasteiger partial charge in [0.15, 0.2) is 0 Å². The van der Waals surface area contributed by atoms with Gasteiger partial charge in [-0.2, -0.15) is 0 Å². The number of unbranched alkanes of at least 4 members (excludes halogenated alkanes) is 1. The smallest absolute Gasteiger partial charge is 0.246 e. The highest BCUT2D eigenvalue weighted by Gasteiger charge is 2.44. The molecule has 3 amide bonds. The van der Waals surface area contributed by atoms with Crippen molar-refractivity contribution in [1.82, 2.24) is 20.5 Å². The molecule has 0 radical (unpaired) electrons. The van der Waals surface area contributed by atoms with Gasteiger partial charge < -0.3 is 25.4 Å². The lowest BCUT2D eigenvalue weighted by Crippen LogP contribution is -2.58. The highest BCUT2D eigenvalue weighted by atomic mass is 127. The molecule has 1 saturated heterocycles. The third-order valence-electron chi connectivity index (χ3n) is 6.62. The number of β-amino-alcohol motifs (C(OH)–C–C–N with tert-alkyl or cyclic N) is 1. The minimum atomic E-state index is -0.869. The molecule has 9 nitrogen and oxygen atoms in total. The van der Waals surface area contributed by atoms with Crippen LogP contribution in [0.4, 0.5) is 0 Å². The second-order valence-electron chi connectivity index (χ2n) is 10.9. The fourth-order valence-corrected chi connectivity index (χ4v) is 5.80. The van der Waals surface area contributed by atoms with E-state index in [1.807, 2.05) is 57.5 Å². The maximum atomic E-state index is 13.6. The van der Waals surface area contributed by atoms with E-state index in [4.69, 9.17) is 4.74 Å². The van der Waals surface area contributed by atoms with E-state index in [1.165, 1.54) is 4.90 Å². The molecule has 39 heavy (non-hydrogen) atoms. The molecule has 1 aliphatic rings. The number of nitrogens with one attached hydrogen (secondary N) is 2. The van der Waals surface area contributed by atoms with Crippen molar-refractivity contribution >= 4 is 51.6 Å². The van der Waals surface area contributed by atoms with Gasteiger partial charge in [0.1, 0.15) is 18.7 Å². The van der Waals surface area contributed by atoms with Gasteiger partial charge in [0.2, 0.25) is 17.7 Å². The standard InChI is InChI=1S/C28H39IN4O5S/c1-18-24(39-17-31-18)20-9-7-19(8-10-20)14-30-26(36)22-13-21(34)15-33(22)27(37)25(28(2,3)4)32-23(35)16-38-12-6-5-11-29/h7-10,17,21-22,25,34H,5-6,11-16H2,1-4H3,(H,30,36)(H,32,35). The number of likely N-dealkylation sites (tertiary alicyclic amines) is 1. The minimum Gasteiger partial charge on any atom is -0.391 e. The molecule has 1 fully saturated rings. The van der Waals surface area contributed by atoms with Crippen molar-refractivity contribution in [2.75, 3.05) is 24.2 Å². The van der Waals surface area contributed by atoms with Crippen LogP contribution in [0.5, 0.6) is 0 Å². The van der Waals surface area contributed by atoms with Gasteiger partial charge in [-0.05, 0) is 40.7 Å². The molecule has 3 atom stereocenters. The number of benzene rings is 1. The summed E-state index contributed by atoms with van der Waals surface area (Å²) in [7, 11) is 0. The van der Waals surface area contributed by atoms with Gasteiger partial charge in [-0.3, -0.25) is 14.4 Å². The zero-order valence-electron chi connectivity index (χ0n) is 23.0. The van der Waals surface area contributed by atoms with E-state index in [0.29, 0.717) is 13.2 Å². The number of aliphatic hydroxyl groups excluding tert-OH is 1. The Morgan fingerprint density at radius 2 is 1.95 bits per heavy atom. The molecular formula is C28H39IN4O5S. The van der Waals surface area contributed by atoms with E-state index in [1.54, 1.807) is 11.3 Å². The van der Waals surface area contributed by atoms with Crippen LogP contribution in [0.2, 0.25) is 0 Å². The summed E-state index contributed by atoms with van der Waals surface area (Å²) in [6, 6.07) is 6.22. The summed E-state index contributed by atoms with van der Waals surface area (Å²) in [4.78, 5) is 46.2. The highest BCUT2D eigenvalue weighted by Crippen LogP contribution is 2.28. The zero-order valence-corrected chi connectivity index (χ0v) is 26.0. The van der Waals surface area contributed by atoms with Gasteiger partial charge >= 0.3 is 0 Å². The lowest BCUT2D eigenvalue weighted by molar-refractivity contribution is -0.144. The van der Waals surface area contributed by atoms with Crippen LogP contribution in [-0.4, -0.2) is 75.1 Å². The maximum Gasteiger partial charge on any atom is 0.246 e. The van der Waals surface area contributed by atoms with Crippen LogP contribution in [0.25, 0.3) is 10.4 Å². The van der Waals surface area contributed by atoms with Crippen LogP contribution in [-0.2, 0) is 25.7 Å². The maximum absolute atomic E-state index is 13.6. The summed E-state index contributed by atoms with van der Waals surface area (Å²) in [5.41, 5.74) is 4.18. The number of hydrogen-bond acceptors (Lipinski definition) is 7. The van der Waals surface area contributed by atoms with Gasteiger partial charge in [-0.25, -0.2) is 4.98 Å². The Kier molecular flexibility index (Phi) is 11.7. The average Bonchev–Trinajstić information content (AvgIpc) is 3.50. The number of amides is 3. The van der Waals surface area contributed by atoms with Crippen LogP contribution in [0, 0.1) is 12.3 Å². The molecule has 2 aromatic rings. The Morgan fingerprint density at radius 3 is 2.56 bits per heavy atom. The first kappa shape index (κ1) is 31.4. The molecule has 11 heteroatoms. The number of aryl methyl sites for hydroxylation is 1. The molecule has 3 N–H and O–H groups in total. The van der Waals surface area contributed by atoms with E-state index in [2.05, 4.69) is 38.2 Å². The zero-order chi connectivity index (χ0) is 28.6. The predicted molar refractivity (Wildman–Crippen MR) is 161 cm³/mol. The number of nitrogens with zero attached hydrogens (tertiary/aromatic N) is 2. The lowest BCUT2D eigenvalue weighted by atomic mass is 9.85. The second kappa shape index (κ2) is 14.5. The third kappa shape index (κ3) is 8.95. The van der Waals surface area contributed by atoms with Gasteiger partial charge in [0.05, 0.1) is 22.2 Å². The van der Waals surface area contributed by atoms with Crippen LogP contribution >= 0.6 is 33.9 Å². The number of ether oxygens (including phenoxy) is 1. The molecule has 1 aromatic carbocycles. The second-order valence-corrected chi connectivity index (χ2v) is 12.8. The fraction of sp³-hybridized carbons (Fsp3) is 0.571. The topological polar surface area (TPSA) is 121 Å². The quantitative estimate of drug-likeness (QED) is 0.181. The number of aromatic nitrogens is 1. The summed E-state index contributed by atoms with van der Waals surface area (Å²) in [6.45, 7) is 8.23. The summed E-state index contributed by atoms with van der Waals surface area (Å²) in [5.74, 6) is -1.10. The van der Waals surface area contributed by atoms with Crippen LogP contribution < -0.4 is 10.6 Å². The van der Waals surface area contributed by atoms with Crippen molar-refractivity contribution in [3.05, 3.63) is 41.0 Å². The van der Waals surface area contributed by atoms with E-state index >= 15 is 0 Å². The van der Waals surface area contributed by atoms with E-state index in [9.17, 15) is 19.5 Å². The predicted octanol–water partition coefficient (Wildman–Crippen LogP) is 3.46. The Bertz CT molecular complexity index is 1120. The molecule has 0 aliphatic carbocycles. The molecule has 1 aromatic heterocycles. The normalized spacial score (nSPS) is 18.2. The number of halogens is 1. The number of carbonyl (C=O) groups is 3. The number of rotatable bonds is 12. The molecule has 214 valence electrons. The highest BCUT2D eigenvalue weighted by molar-refractivity contribution is 14.1. The molecule has 0 spiro atoms. The third-order valence-corrected chi connectivity index (χ3v) is 8.36. The van der Waals surface area contributed by atoms with E-state index < -0.39 is 23.6 Å². The summed E-state index contributed by atoms with van der Waals surface area (Å²) in [5, 5.41) is 16.1. The Labute approximate surface area is 248 Å². The lowest BCUT2D eigenvalue weighted by Gasteiger charge is -2.35. The first-order valence-corrected chi connectivity index (χ1v) is 15.6. The molecule has 0 saturated carbocycles. The molecular weight excluding hydrogens is 631 g/mol. The molecule has 0 bridgehead atoms. The summed E-state index contributed by atoms with van der Waals surface area (Å²) in [6.07, 6.45) is 1.22. The number of alkyl halides is 1. The van der Waals surface area contributed by atoms with Crippen LogP contribution in [0.1, 0.15) is 51.3 Å². The molecule has 3 unspecified atom stereocenters. The van der Waals surface area contributed by atoms with Crippen molar-refractivity contribution in [2.24, 2.45) is 5.41 Å². The van der Waals surface area contributed by atoms with E-state index in [-0.39, 0.29) is 37.3 Å². The summed E-state index contributed by atoms with van der Waals surface area (Å²) < 4.78 is 6.49. The van der Waals surface area contributed by atoms with Crippen molar-refractivity contribution < 1.29 is 24.2 Å². The van der Waals surface area contributed by atoms with Crippen molar-refractivity contribution in [3.63, 3.8) is 0 Å². The fourth-order valence-electron chi connectivity index (χ4n) is 4.45. The van der Waals surface area contributed by atoms with Gasteiger partial charge in [-0.15, -0.1) is 11.3 Å². The summed E-state index contributed by atoms with van der Waals surface area (Å²) >= 11 is 3.88. The van der Waals surface area contributed by atoms with Crippen LogP contribution in [0.3, 0.4) is 0 Å². The number of hydrogen-bond donors (Lipinski definition) is 3. The van der Waals surface area contributed by atoms with Crippen molar-refractivity contribution in [3.8, 4) is 10.4 Å².